The summed E-state index contributed by atoms with van der Waals surface area (Å²) in [6.07, 6.45) is -3.57. The van der Waals surface area contributed by atoms with Crippen LogP contribution in [0.2, 0.25) is 0 Å². The molecule has 178 valence electrons. The largest absolute Gasteiger partial charge is 0.573 e. The van der Waals surface area contributed by atoms with Crippen LogP contribution in [0.5, 0.6) is 5.75 Å². The van der Waals surface area contributed by atoms with E-state index in [1.807, 2.05) is 10.6 Å². The zero-order valence-electron chi connectivity index (χ0n) is 17.9. The maximum atomic E-state index is 13.3. The summed E-state index contributed by atoms with van der Waals surface area (Å²) < 4.78 is 70.1. The van der Waals surface area contributed by atoms with E-state index in [1.54, 1.807) is 25.1 Å². The lowest BCUT2D eigenvalue weighted by Gasteiger charge is -2.13. The highest BCUT2D eigenvalue weighted by molar-refractivity contribution is 9.10. The molecule has 0 radical (unpaired) electrons. The SMILES string of the molecule is Cc1c(C(=O)Cc2ccccc2OC(F)(F)F)c2cccc(Br)c2n1CCCNS(C)(=O)=O. The summed E-state index contributed by atoms with van der Waals surface area (Å²) in [5.41, 5.74) is 1.95. The van der Waals surface area contributed by atoms with Crippen molar-refractivity contribution in [3.05, 3.63) is 63.8 Å². The number of fused-ring (bicyclic) bond motifs is 1. The third-order valence-corrected chi connectivity index (χ3v) is 6.41. The molecule has 0 spiro atoms. The van der Waals surface area contributed by atoms with Crippen LogP contribution in [0.3, 0.4) is 0 Å². The molecule has 1 aromatic heterocycles. The van der Waals surface area contributed by atoms with Crippen molar-refractivity contribution in [3.8, 4) is 5.75 Å². The second-order valence-corrected chi connectivity index (χ2v) is 10.2. The van der Waals surface area contributed by atoms with E-state index < -0.39 is 22.1 Å². The molecule has 0 amide bonds. The Morgan fingerprint density at radius 1 is 1.15 bits per heavy atom. The number of nitrogens with zero attached hydrogens (tertiary/aromatic N) is 1. The number of para-hydroxylation sites is 2. The van der Waals surface area contributed by atoms with E-state index in [1.165, 1.54) is 18.2 Å². The van der Waals surface area contributed by atoms with Crippen molar-refractivity contribution in [2.24, 2.45) is 0 Å². The number of benzene rings is 2. The van der Waals surface area contributed by atoms with Crippen molar-refractivity contribution in [3.63, 3.8) is 0 Å². The van der Waals surface area contributed by atoms with Gasteiger partial charge in [-0.15, -0.1) is 13.2 Å². The second kappa shape index (κ2) is 9.86. The Labute approximate surface area is 197 Å². The van der Waals surface area contributed by atoms with Gasteiger partial charge in [0.1, 0.15) is 5.75 Å². The number of Topliss-reactive ketones (excluding diaryl/α,β-unsaturated/α-hetero) is 1. The van der Waals surface area contributed by atoms with Crippen LogP contribution < -0.4 is 9.46 Å². The first kappa shape index (κ1) is 25.3. The van der Waals surface area contributed by atoms with Gasteiger partial charge in [-0.3, -0.25) is 4.79 Å². The molecule has 33 heavy (non-hydrogen) atoms. The minimum atomic E-state index is -4.87. The molecule has 3 rings (SSSR count). The lowest BCUT2D eigenvalue weighted by Crippen LogP contribution is -2.24. The van der Waals surface area contributed by atoms with Crippen molar-refractivity contribution in [2.45, 2.75) is 32.7 Å². The van der Waals surface area contributed by atoms with Crippen LogP contribution in [0.4, 0.5) is 13.2 Å². The minimum Gasteiger partial charge on any atom is -0.405 e. The van der Waals surface area contributed by atoms with E-state index in [-0.39, 0.29) is 24.3 Å². The zero-order chi connectivity index (χ0) is 24.4. The summed E-state index contributed by atoms with van der Waals surface area (Å²) in [6, 6.07) is 11.0. The van der Waals surface area contributed by atoms with Gasteiger partial charge >= 0.3 is 6.36 Å². The summed E-state index contributed by atoms with van der Waals surface area (Å²) in [5.74, 6) is -0.755. The van der Waals surface area contributed by atoms with E-state index in [4.69, 9.17) is 0 Å². The summed E-state index contributed by atoms with van der Waals surface area (Å²) in [6.45, 7) is 2.43. The van der Waals surface area contributed by atoms with Gasteiger partial charge < -0.3 is 9.30 Å². The molecule has 6 nitrogen and oxygen atoms in total. The van der Waals surface area contributed by atoms with Gasteiger partial charge in [-0.05, 0) is 41.4 Å². The minimum absolute atomic E-state index is 0.132. The lowest BCUT2D eigenvalue weighted by molar-refractivity contribution is -0.274. The predicted octanol–water partition coefficient (Wildman–Crippen LogP) is 4.98. The van der Waals surface area contributed by atoms with Crippen LogP contribution >= 0.6 is 15.9 Å². The number of hydrogen-bond donors (Lipinski definition) is 1. The Balaban J connectivity index is 1.95. The van der Waals surface area contributed by atoms with Crippen molar-refractivity contribution in [2.75, 3.05) is 12.8 Å². The maximum absolute atomic E-state index is 13.3. The molecule has 0 saturated heterocycles. The van der Waals surface area contributed by atoms with Crippen LogP contribution in [0.25, 0.3) is 10.9 Å². The van der Waals surface area contributed by atoms with Crippen LogP contribution in [-0.2, 0) is 23.0 Å². The van der Waals surface area contributed by atoms with Crippen molar-refractivity contribution >= 4 is 42.6 Å². The van der Waals surface area contributed by atoms with Gasteiger partial charge in [0.15, 0.2) is 5.78 Å². The molecule has 3 aromatic rings. The Hall–Kier alpha value is -2.37. The predicted molar refractivity (Wildman–Crippen MR) is 123 cm³/mol. The summed E-state index contributed by atoms with van der Waals surface area (Å²) in [4.78, 5) is 13.3. The molecule has 0 fully saturated rings. The van der Waals surface area contributed by atoms with Crippen LogP contribution in [0.1, 0.15) is 28.0 Å². The van der Waals surface area contributed by atoms with Gasteiger partial charge in [-0.2, -0.15) is 0 Å². The third kappa shape index (κ3) is 6.36. The summed E-state index contributed by atoms with van der Waals surface area (Å²) >= 11 is 3.51. The third-order valence-electron chi connectivity index (χ3n) is 5.04. The average Bonchev–Trinajstić information content (AvgIpc) is 2.97. The number of ketones is 1. The lowest BCUT2D eigenvalue weighted by atomic mass is 10.00. The molecule has 1 heterocycles. The number of nitrogens with one attached hydrogen (secondary N) is 1. The first-order chi connectivity index (χ1) is 15.4. The van der Waals surface area contributed by atoms with E-state index >= 15 is 0 Å². The number of aryl methyl sites for hydroxylation is 1. The zero-order valence-corrected chi connectivity index (χ0v) is 20.3. The fraction of sp³-hybridized carbons (Fsp3) is 0.318. The average molecular weight is 547 g/mol. The normalized spacial score (nSPS) is 12.3. The highest BCUT2D eigenvalue weighted by atomic mass is 79.9. The Morgan fingerprint density at radius 3 is 2.52 bits per heavy atom. The molecular weight excluding hydrogens is 525 g/mol. The van der Waals surface area contributed by atoms with Crippen molar-refractivity contribution in [1.29, 1.82) is 0 Å². The number of halogens is 4. The molecule has 11 heteroatoms. The van der Waals surface area contributed by atoms with Gasteiger partial charge in [0.05, 0.1) is 11.8 Å². The molecule has 0 bridgehead atoms. The van der Waals surface area contributed by atoms with Gasteiger partial charge in [0, 0.05) is 46.2 Å². The number of aromatic nitrogens is 1. The Morgan fingerprint density at radius 2 is 1.85 bits per heavy atom. The van der Waals surface area contributed by atoms with E-state index in [2.05, 4.69) is 25.4 Å². The summed E-state index contributed by atoms with van der Waals surface area (Å²) in [7, 11) is -3.31. The number of alkyl halides is 3. The van der Waals surface area contributed by atoms with Gasteiger partial charge in [-0.25, -0.2) is 13.1 Å². The van der Waals surface area contributed by atoms with Gasteiger partial charge in [-0.1, -0.05) is 30.3 Å². The smallest absolute Gasteiger partial charge is 0.405 e. The molecule has 2 aromatic carbocycles. The molecule has 0 atom stereocenters. The molecular formula is C22H22BrF3N2O4S. The van der Waals surface area contributed by atoms with E-state index in [0.29, 0.717) is 29.6 Å². The highest BCUT2D eigenvalue weighted by Gasteiger charge is 2.32. The number of hydrogen-bond acceptors (Lipinski definition) is 4. The molecule has 0 aliphatic rings. The molecule has 0 aliphatic carbocycles. The molecule has 0 aliphatic heterocycles. The molecule has 0 saturated carbocycles. The van der Waals surface area contributed by atoms with Gasteiger partial charge in [0.25, 0.3) is 0 Å². The highest BCUT2D eigenvalue weighted by Crippen LogP contribution is 2.34. The first-order valence-electron chi connectivity index (χ1n) is 9.96. The molecule has 0 unspecified atom stereocenters. The second-order valence-electron chi connectivity index (χ2n) is 7.52. The Bertz CT molecular complexity index is 1290. The van der Waals surface area contributed by atoms with Crippen LogP contribution in [-0.4, -0.2) is 37.9 Å². The topological polar surface area (TPSA) is 77.4 Å². The fourth-order valence-corrected chi connectivity index (χ4v) is 4.85. The number of rotatable bonds is 9. The maximum Gasteiger partial charge on any atom is 0.573 e. The number of sulfonamides is 1. The van der Waals surface area contributed by atoms with Gasteiger partial charge in [0.2, 0.25) is 10.0 Å². The molecule has 1 N–H and O–H groups in total. The quantitative estimate of drug-likeness (QED) is 0.303. The number of carbonyl (C=O) groups is 1. The number of ether oxygens (including phenoxy) is 1. The van der Waals surface area contributed by atoms with E-state index in [9.17, 15) is 26.4 Å². The van der Waals surface area contributed by atoms with Crippen molar-refractivity contribution in [1.82, 2.24) is 9.29 Å². The first-order valence-corrected chi connectivity index (χ1v) is 12.6. The monoisotopic (exact) mass is 546 g/mol. The standard InChI is InChI=1S/C22H22BrF3N2O4S/c1-14-20(18(29)13-15-7-3-4-10-19(15)32-22(24,25)26)16-8-5-9-17(23)21(16)28(14)12-6-11-27-33(2,30)31/h3-5,7-10,27H,6,11-13H2,1-2H3. The fourth-order valence-electron chi connectivity index (χ4n) is 3.75. The number of carbonyl (C=O) groups excluding carboxylic acids is 1. The van der Waals surface area contributed by atoms with Crippen molar-refractivity contribution < 1.29 is 31.1 Å². The van der Waals surface area contributed by atoms with Crippen LogP contribution in [0, 0.1) is 6.92 Å². The Kier molecular flexibility index (Phi) is 7.55. The summed E-state index contributed by atoms with van der Waals surface area (Å²) in [5, 5.41) is 0.664. The van der Waals surface area contributed by atoms with E-state index in [0.717, 1.165) is 16.2 Å². The van der Waals surface area contributed by atoms with Crippen LogP contribution in [0.15, 0.2) is 46.9 Å².